The van der Waals surface area contributed by atoms with Gasteiger partial charge in [0, 0.05) is 6.04 Å². The van der Waals surface area contributed by atoms with Gasteiger partial charge < -0.3 is 0 Å². The molecule has 0 bridgehead atoms. The van der Waals surface area contributed by atoms with Crippen molar-refractivity contribution in [3.8, 4) is 0 Å². The summed E-state index contributed by atoms with van der Waals surface area (Å²) in [5.74, 6) is 5.06. The first-order valence-electron chi connectivity index (χ1n) is 2.40. The molecular weight excluding hydrogens is 88.1 g/mol. The zero-order valence-electron chi connectivity index (χ0n) is 4.81. The van der Waals surface area contributed by atoms with E-state index in [0.717, 1.165) is 0 Å². The van der Waals surface area contributed by atoms with E-state index in [-0.39, 0.29) is 0 Å². The third-order valence-corrected chi connectivity index (χ3v) is 0.744. The second-order valence-electron chi connectivity index (χ2n) is 1.48. The summed E-state index contributed by atoms with van der Waals surface area (Å²) in [7, 11) is 0. The maximum absolute atomic E-state index is 5.06. The molecule has 1 unspecified atom stereocenters. The van der Waals surface area contributed by atoms with Crippen molar-refractivity contribution in [3.63, 3.8) is 0 Å². The molecule has 0 aromatic rings. The Kier molecular flexibility index (Phi) is 3.65. The summed E-state index contributed by atoms with van der Waals surface area (Å²) < 4.78 is 0. The number of rotatable bonds is 2. The van der Waals surface area contributed by atoms with E-state index in [0.29, 0.717) is 6.04 Å². The highest BCUT2D eigenvalue weighted by Gasteiger charge is 1.84. The van der Waals surface area contributed by atoms with Gasteiger partial charge in [0.1, 0.15) is 0 Å². The van der Waals surface area contributed by atoms with Crippen molar-refractivity contribution in [1.82, 2.24) is 5.43 Å². The molecule has 0 radical (unpaired) electrons. The molecule has 0 saturated heterocycles. The van der Waals surface area contributed by atoms with Crippen LogP contribution in [-0.4, -0.2) is 6.04 Å². The molecule has 0 rings (SSSR count). The summed E-state index contributed by atoms with van der Waals surface area (Å²) in [5, 5.41) is 0. The Bertz CT molecular complexity index is 59.1. The molecule has 0 fully saturated rings. The Morgan fingerprint density at radius 3 is 2.43 bits per heavy atom. The summed E-state index contributed by atoms with van der Waals surface area (Å²) in [6.07, 6.45) is 3.95. The standard InChI is InChI=1S/C5H12N2/c1-3-4-5(2)7-6/h3-5,7H,6H2,1-2H3/b4-3-. The number of nitrogens with one attached hydrogen (secondary N) is 1. The molecule has 0 aliphatic heterocycles. The largest absolute Gasteiger partial charge is 0.271 e. The van der Waals surface area contributed by atoms with Crippen molar-refractivity contribution in [2.75, 3.05) is 0 Å². The molecule has 0 amide bonds. The van der Waals surface area contributed by atoms with E-state index >= 15 is 0 Å². The molecule has 7 heavy (non-hydrogen) atoms. The van der Waals surface area contributed by atoms with E-state index < -0.39 is 0 Å². The molecule has 0 aromatic carbocycles. The Morgan fingerprint density at radius 1 is 1.71 bits per heavy atom. The van der Waals surface area contributed by atoms with Crippen molar-refractivity contribution in [3.05, 3.63) is 12.2 Å². The van der Waals surface area contributed by atoms with Crippen molar-refractivity contribution >= 4 is 0 Å². The van der Waals surface area contributed by atoms with Crippen LogP contribution in [0.4, 0.5) is 0 Å². The van der Waals surface area contributed by atoms with Gasteiger partial charge in [-0.3, -0.25) is 11.3 Å². The number of allylic oxidation sites excluding steroid dienone is 1. The van der Waals surface area contributed by atoms with Crippen molar-refractivity contribution in [1.29, 1.82) is 0 Å². The second kappa shape index (κ2) is 3.84. The Hall–Kier alpha value is -0.340. The van der Waals surface area contributed by atoms with Crippen LogP contribution in [0.3, 0.4) is 0 Å². The number of nitrogens with two attached hydrogens (primary N) is 1. The van der Waals surface area contributed by atoms with Crippen LogP contribution in [-0.2, 0) is 0 Å². The Balaban J connectivity index is 3.16. The second-order valence-corrected chi connectivity index (χ2v) is 1.48. The van der Waals surface area contributed by atoms with Crippen LogP contribution in [0.15, 0.2) is 12.2 Å². The van der Waals surface area contributed by atoms with Crippen LogP contribution in [0.5, 0.6) is 0 Å². The van der Waals surface area contributed by atoms with Crippen molar-refractivity contribution in [2.24, 2.45) is 5.84 Å². The third kappa shape index (κ3) is 3.49. The minimum Gasteiger partial charge on any atom is -0.271 e. The highest BCUT2D eigenvalue weighted by atomic mass is 15.2. The maximum atomic E-state index is 5.06. The highest BCUT2D eigenvalue weighted by molar-refractivity contribution is 4.86. The van der Waals surface area contributed by atoms with Crippen molar-refractivity contribution < 1.29 is 0 Å². The minimum atomic E-state index is 0.296. The van der Waals surface area contributed by atoms with Crippen LogP contribution in [0.1, 0.15) is 13.8 Å². The average molecular weight is 100 g/mol. The fourth-order valence-corrected chi connectivity index (χ4v) is 0.344. The lowest BCUT2D eigenvalue weighted by molar-refractivity contribution is 0.668. The molecule has 0 aliphatic carbocycles. The molecule has 2 nitrogen and oxygen atoms in total. The zero-order valence-corrected chi connectivity index (χ0v) is 4.81. The summed E-state index contributed by atoms with van der Waals surface area (Å²) in [4.78, 5) is 0. The lowest BCUT2D eigenvalue weighted by Gasteiger charge is -1.99. The minimum absolute atomic E-state index is 0.296. The summed E-state index contributed by atoms with van der Waals surface area (Å²) in [6, 6.07) is 0.296. The normalized spacial score (nSPS) is 15.3. The van der Waals surface area contributed by atoms with E-state index in [4.69, 9.17) is 5.84 Å². The first-order chi connectivity index (χ1) is 3.31. The predicted octanol–water partition coefficient (Wildman–Crippen LogP) is 0.414. The SMILES string of the molecule is C/C=C\C(C)NN. The third-order valence-electron chi connectivity index (χ3n) is 0.744. The molecule has 42 valence electrons. The van der Waals surface area contributed by atoms with Gasteiger partial charge in [-0.2, -0.15) is 0 Å². The zero-order chi connectivity index (χ0) is 5.70. The van der Waals surface area contributed by atoms with Gasteiger partial charge in [-0.25, -0.2) is 0 Å². The monoisotopic (exact) mass is 100 g/mol. The quantitative estimate of drug-likeness (QED) is 0.300. The average Bonchev–Trinajstić information content (AvgIpc) is 1.68. The first kappa shape index (κ1) is 6.66. The van der Waals surface area contributed by atoms with E-state index in [1.54, 1.807) is 0 Å². The predicted molar refractivity (Wildman–Crippen MR) is 31.6 cm³/mol. The van der Waals surface area contributed by atoms with E-state index in [1.807, 2.05) is 26.0 Å². The van der Waals surface area contributed by atoms with E-state index in [2.05, 4.69) is 5.43 Å². The number of hydrogen-bond donors (Lipinski definition) is 2. The summed E-state index contributed by atoms with van der Waals surface area (Å²) in [6.45, 7) is 3.95. The highest BCUT2D eigenvalue weighted by Crippen LogP contribution is 1.78. The lowest BCUT2D eigenvalue weighted by Crippen LogP contribution is -2.30. The van der Waals surface area contributed by atoms with Crippen LogP contribution >= 0.6 is 0 Å². The van der Waals surface area contributed by atoms with Crippen LogP contribution in [0.2, 0.25) is 0 Å². The van der Waals surface area contributed by atoms with Crippen LogP contribution < -0.4 is 11.3 Å². The first-order valence-corrected chi connectivity index (χ1v) is 2.40. The molecular formula is C5H12N2. The smallest absolute Gasteiger partial charge is 0.0362 e. The van der Waals surface area contributed by atoms with Gasteiger partial charge in [0.25, 0.3) is 0 Å². The fourth-order valence-electron chi connectivity index (χ4n) is 0.344. The van der Waals surface area contributed by atoms with Gasteiger partial charge in [-0.15, -0.1) is 0 Å². The van der Waals surface area contributed by atoms with Gasteiger partial charge in [-0.05, 0) is 13.8 Å². The topological polar surface area (TPSA) is 38.0 Å². The van der Waals surface area contributed by atoms with E-state index in [9.17, 15) is 0 Å². The van der Waals surface area contributed by atoms with Crippen LogP contribution in [0, 0.1) is 0 Å². The van der Waals surface area contributed by atoms with Crippen molar-refractivity contribution in [2.45, 2.75) is 19.9 Å². The molecule has 0 heterocycles. The molecule has 2 heteroatoms. The Morgan fingerprint density at radius 2 is 2.29 bits per heavy atom. The maximum Gasteiger partial charge on any atom is 0.0362 e. The van der Waals surface area contributed by atoms with Gasteiger partial charge in [0.05, 0.1) is 0 Å². The molecule has 3 N–H and O–H groups in total. The summed E-state index contributed by atoms with van der Waals surface area (Å²) in [5.41, 5.74) is 2.58. The van der Waals surface area contributed by atoms with E-state index in [1.165, 1.54) is 0 Å². The van der Waals surface area contributed by atoms with Gasteiger partial charge in [-0.1, -0.05) is 12.2 Å². The lowest BCUT2D eigenvalue weighted by atomic mass is 10.3. The molecule has 1 atom stereocenters. The van der Waals surface area contributed by atoms with Crippen LogP contribution in [0.25, 0.3) is 0 Å². The molecule has 0 aromatic heterocycles. The fraction of sp³-hybridized carbons (Fsp3) is 0.600. The molecule has 0 spiro atoms. The van der Waals surface area contributed by atoms with Gasteiger partial charge >= 0.3 is 0 Å². The van der Waals surface area contributed by atoms with Gasteiger partial charge in [0.2, 0.25) is 0 Å². The van der Waals surface area contributed by atoms with Gasteiger partial charge in [0.15, 0.2) is 0 Å². The molecule has 0 saturated carbocycles. The number of hydrazine groups is 1. The summed E-state index contributed by atoms with van der Waals surface area (Å²) >= 11 is 0. The number of hydrogen-bond acceptors (Lipinski definition) is 2. The molecule has 0 aliphatic rings. The Labute approximate surface area is 44.4 Å².